The maximum atomic E-state index is 12.5. The van der Waals surface area contributed by atoms with Crippen LogP contribution in [-0.2, 0) is 5.75 Å². The molecule has 0 spiro atoms. The highest BCUT2D eigenvalue weighted by atomic mass is 32.2. The monoisotopic (exact) mass is 379 g/mol. The van der Waals surface area contributed by atoms with Crippen LogP contribution in [0.4, 0.5) is 0 Å². The lowest BCUT2D eigenvalue weighted by molar-refractivity contribution is 0.0154. The number of carbonyl (C=O) groups is 1. The van der Waals surface area contributed by atoms with Crippen LogP contribution in [0.1, 0.15) is 21.9 Å². The number of benzene rings is 2. The fourth-order valence-corrected chi connectivity index (χ4v) is 3.77. The van der Waals surface area contributed by atoms with E-state index < -0.39 is 0 Å². The highest BCUT2D eigenvalue weighted by molar-refractivity contribution is 7.98. The standard InChI is InChI=1S/C22H21NO3S/c1-16-6-5-7-17(12-16)25-19-13-23(14-19)22(24)21-11-10-18(26-21)15-27-20-8-3-2-4-9-20/h2-12,19H,13-15H2,1H3. The van der Waals surface area contributed by atoms with E-state index in [-0.39, 0.29) is 12.0 Å². The molecule has 1 saturated heterocycles. The minimum absolute atomic E-state index is 0.0406. The van der Waals surface area contributed by atoms with Gasteiger partial charge in [-0.25, -0.2) is 0 Å². The number of nitrogens with zero attached hydrogens (tertiary/aromatic N) is 1. The summed E-state index contributed by atoms with van der Waals surface area (Å²) in [5.41, 5.74) is 1.16. The molecule has 27 heavy (non-hydrogen) atoms. The van der Waals surface area contributed by atoms with Crippen LogP contribution in [0.2, 0.25) is 0 Å². The number of carbonyl (C=O) groups excluding carboxylic acids is 1. The second-order valence-corrected chi connectivity index (χ2v) is 7.68. The van der Waals surface area contributed by atoms with Crippen molar-refractivity contribution in [3.63, 3.8) is 0 Å². The van der Waals surface area contributed by atoms with Crippen LogP contribution in [0.5, 0.6) is 5.75 Å². The largest absolute Gasteiger partial charge is 0.487 e. The minimum Gasteiger partial charge on any atom is -0.487 e. The van der Waals surface area contributed by atoms with E-state index in [0.29, 0.717) is 24.6 Å². The van der Waals surface area contributed by atoms with Gasteiger partial charge in [-0.1, -0.05) is 30.3 Å². The number of hydrogen-bond donors (Lipinski definition) is 0. The summed E-state index contributed by atoms with van der Waals surface area (Å²) in [5, 5.41) is 0. The van der Waals surface area contributed by atoms with Crippen molar-refractivity contribution < 1.29 is 13.9 Å². The van der Waals surface area contributed by atoms with Crippen molar-refractivity contribution >= 4 is 17.7 Å². The fraction of sp³-hybridized carbons (Fsp3) is 0.227. The molecule has 0 N–H and O–H groups in total. The maximum absolute atomic E-state index is 12.5. The first-order valence-corrected chi connectivity index (χ1v) is 9.95. The van der Waals surface area contributed by atoms with Crippen LogP contribution in [0, 0.1) is 6.92 Å². The van der Waals surface area contributed by atoms with Crippen molar-refractivity contribution in [1.82, 2.24) is 4.90 Å². The lowest BCUT2D eigenvalue weighted by atomic mass is 10.1. The second-order valence-electron chi connectivity index (χ2n) is 6.63. The number of aryl methyl sites for hydroxylation is 1. The van der Waals surface area contributed by atoms with Crippen LogP contribution in [0.25, 0.3) is 0 Å². The zero-order valence-corrected chi connectivity index (χ0v) is 15.9. The Bertz CT molecular complexity index is 916. The van der Waals surface area contributed by atoms with Crippen molar-refractivity contribution in [2.75, 3.05) is 13.1 Å². The Morgan fingerprint density at radius 1 is 1.11 bits per heavy atom. The molecule has 3 aromatic rings. The van der Waals surface area contributed by atoms with Crippen LogP contribution >= 0.6 is 11.8 Å². The quantitative estimate of drug-likeness (QED) is 0.578. The van der Waals surface area contributed by atoms with E-state index in [4.69, 9.17) is 9.15 Å². The van der Waals surface area contributed by atoms with Gasteiger partial charge in [0.15, 0.2) is 5.76 Å². The Morgan fingerprint density at radius 3 is 2.70 bits per heavy atom. The summed E-state index contributed by atoms with van der Waals surface area (Å²) in [6.07, 6.45) is 0.0406. The summed E-state index contributed by atoms with van der Waals surface area (Å²) in [6.45, 7) is 3.21. The predicted molar refractivity (Wildman–Crippen MR) is 106 cm³/mol. The molecule has 0 saturated carbocycles. The van der Waals surface area contributed by atoms with Crippen molar-refractivity contribution in [3.05, 3.63) is 83.8 Å². The number of amides is 1. The summed E-state index contributed by atoms with van der Waals surface area (Å²) in [5.74, 6) is 2.68. The van der Waals surface area contributed by atoms with E-state index in [9.17, 15) is 4.79 Å². The van der Waals surface area contributed by atoms with Gasteiger partial charge in [0, 0.05) is 4.90 Å². The molecule has 1 fully saturated rings. The third kappa shape index (κ3) is 4.37. The predicted octanol–water partition coefficient (Wildman–Crippen LogP) is 4.78. The number of hydrogen-bond acceptors (Lipinski definition) is 4. The molecule has 1 aliphatic rings. The van der Waals surface area contributed by atoms with E-state index in [1.807, 2.05) is 55.5 Å². The molecule has 0 radical (unpaired) electrons. The normalized spacial score (nSPS) is 14.0. The fourth-order valence-electron chi connectivity index (χ4n) is 2.96. The molecule has 0 bridgehead atoms. The molecule has 2 aromatic carbocycles. The molecular weight excluding hydrogens is 358 g/mol. The highest BCUT2D eigenvalue weighted by Crippen LogP contribution is 2.25. The Balaban J connectivity index is 1.27. The van der Waals surface area contributed by atoms with Gasteiger partial charge < -0.3 is 14.1 Å². The van der Waals surface area contributed by atoms with E-state index in [0.717, 1.165) is 17.1 Å². The van der Waals surface area contributed by atoms with Crippen LogP contribution < -0.4 is 4.74 Å². The average molecular weight is 379 g/mol. The molecular formula is C22H21NO3S. The Kier molecular flexibility index (Phi) is 5.21. The first-order chi connectivity index (χ1) is 13.2. The summed E-state index contributed by atoms with van der Waals surface area (Å²) < 4.78 is 11.7. The zero-order valence-electron chi connectivity index (χ0n) is 15.1. The Hall–Kier alpha value is -2.66. The van der Waals surface area contributed by atoms with Gasteiger partial charge in [-0.2, -0.15) is 0 Å². The van der Waals surface area contributed by atoms with Gasteiger partial charge in [0.1, 0.15) is 17.6 Å². The van der Waals surface area contributed by atoms with Crippen LogP contribution in [0.3, 0.4) is 0 Å². The summed E-state index contributed by atoms with van der Waals surface area (Å²) >= 11 is 1.69. The van der Waals surface area contributed by atoms with Crippen molar-refractivity contribution in [2.45, 2.75) is 23.7 Å². The third-order valence-electron chi connectivity index (χ3n) is 4.42. The first kappa shape index (κ1) is 17.7. The molecule has 138 valence electrons. The van der Waals surface area contributed by atoms with Gasteiger partial charge >= 0.3 is 0 Å². The SMILES string of the molecule is Cc1cccc(OC2CN(C(=O)c3ccc(CSc4ccccc4)o3)C2)c1. The first-order valence-electron chi connectivity index (χ1n) is 8.96. The molecule has 0 unspecified atom stereocenters. The van der Waals surface area contributed by atoms with E-state index in [1.54, 1.807) is 22.7 Å². The van der Waals surface area contributed by atoms with Gasteiger partial charge in [-0.05, 0) is 48.9 Å². The van der Waals surface area contributed by atoms with Gasteiger partial charge in [0.05, 0.1) is 18.8 Å². The van der Waals surface area contributed by atoms with Gasteiger partial charge in [-0.15, -0.1) is 11.8 Å². The molecule has 0 aliphatic carbocycles. The van der Waals surface area contributed by atoms with E-state index in [1.165, 1.54) is 4.90 Å². The number of thioether (sulfide) groups is 1. The number of furan rings is 1. The molecule has 0 atom stereocenters. The third-order valence-corrected chi connectivity index (χ3v) is 5.46. The maximum Gasteiger partial charge on any atom is 0.289 e. The average Bonchev–Trinajstić information content (AvgIpc) is 3.12. The van der Waals surface area contributed by atoms with Gasteiger partial charge in [0.25, 0.3) is 5.91 Å². The van der Waals surface area contributed by atoms with Gasteiger partial charge in [0.2, 0.25) is 0 Å². The van der Waals surface area contributed by atoms with Crippen LogP contribution in [-0.4, -0.2) is 30.0 Å². The van der Waals surface area contributed by atoms with Crippen molar-refractivity contribution in [1.29, 1.82) is 0 Å². The molecule has 1 aliphatic heterocycles. The van der Waals surface area contributed by atoms with Crippen molar-refractivity contribution in [2.24, 2.45) is 0 Å². The minimum atomic E-state index is -0.0740. The lowest BCUT2D eigenvalue weighted by Gasteiger charge is -2.38. The molecule has 2 heterocycles. The topological polar surface area (TPSA) is 42.7 Å². The second kappa shape index (κ2) is 7.92. The van der Waals surface area contributed by atoms with Crippen LogP contribution in [0.15, 0.2) is 76.0 Å². The summed E-state index contributed by atoms with van der Waals surface area (Å²) in [7, 11) is 0. The summed E-state index contributed by atoms with van der Waals surface area (Å²) in [4.78, 5) is 15.5. The van der Waals surface area contributed by atoms with Gasteiger partial charge in [-0.3, -0.25) is 4.79 Å². The number of ether oxygens (including phenoxy) is 1. The van der Waals surface area contributed by atoms with E-state index >= 15 is 0 Å². The molecule has 4 nitrogen and oxygen atoms in total. The number of rotatable bonds is 6. The Morgan fingerprint density at radius 2 is 1.93 bits per heavy atom. The molecule has 5 heteroatoms. The smallest absolute Gasteiger partial charge is 0.289 e. The highest BCUT2D eigenvalue weighted by Gasteiger charge is 2.34. The van der Waals surface area contributed by atoms with Crippen molar-refractivity contribution in [3.8, 4) is 5.75 Å². The van der Waals surface area contributed by atoms with E-state index in [2.05, 4.69) is 12.1 Å². The number of likely N-dealkylation sites (tertiary alicyclic amines) is 1. The molecule has 1 aromatic heterocycles. The lowest BCUT2D eigenvalue weighted by Crippen LogP contribution is -2.56. The molecule has 4 rings (SSSR count). The zero-order chi connectivity index (χ0) is 18.6. The molecule has 1 amide bonds. The summed E-state index contributed by atoms with van der Waals surface area (Å²) in [6, 6.07) is 21.8. The Labute approximate surface area is 163 Å².